The van der Waals surface area contributed by atoms with Gasteiger partial charge in [0.1, 0.15) is 0 Å². The fourth-order valence-corrected chi connectivity index (χ4v) is 10.8. The minimum Gasteiger partial charge on any atom is -0.310 e. The van der Waals surface area contributed by atoms with Crippen molar-refractivity contribution in [3.05, 3.63) is 251 Å². The molecule has 0 atom stereocenters. The maximum absolute atomic E-state index is 4.10. The Labute approximate surface area is 348 Å². The Hall–Kier alpha value is -6.96. The van der Waals surface area contributed by atoms with Gasteiger partial charge in [0, 0.05) is 22.5 Å². The standard InChI is InChI=1S/C58H45N/c1-4-5-22-50-48-26-12-16-30-54(48)58(52-28-14-10-24-46(52)47-25-11-15-29-53(47)58)56(50)41-20-17-21-43(37-41)59(42-33-31-40(32-34-42)39-18-7-6-8-19-39)44-35-36-49-45-23-9-13-27-51(45)57(2,3)55(49)38-44/h4-8,10-22,24-38H,1,9,23H2,2-3H3/b22-5-. The number of allylic oxidation sites excluding steroid dienone is 9. The summed E-state index contributed by atoms with van der Waals surface area (Å²) in [5.41, 5.74) is 22.6. The number of nitrogens with zero attached hydrogens (tertiary/aromatic N) is 1. The zero-order valence-corrected chi connectivity index (χ0v) is 33.6. The number of hydrogen-bond acceptors (Lipinski definition) is 1. The minimum atomic E-state index is -0.499. The minimum absolute atomic E-state index is 0.0786. The summed E-state index contributed by atoms with van der Waals surface area (Å²) in [6.45, 7) is 8.89. The van der Waals surface area contributed by atoms with E-state index in [4.69, 9.17) is 0 Å². The van der Waals surface area contributed by atoms with Gasteiger partial charge in [-0.15, -0.1) is 0 Å². The van der Waals surface area contributed by atoms with Crippen molar-refractivity contribution in [2.24, 2.45) is 0 Å². The summed E-state index contributed by atoms with van der Waals surface area (Å²) in [7, 11) is 0. The summed E-state index contributed by atoms with van der Waals surface area (Å²) in [5.74, 6) is 0. The molecule has 4 aliphatic rings. The van der Waals surface area contributed by atoms with Crippen LogP contribution in [0.2, 0.25) is 0 Å². The molecule has 0 saturated heterocycles. The van der Waals surface area contributed by atoms with E-state index in [0.717, 1.165) is 29.9 Å². The highest BCUT2D eigenvalue weighted by atomic mass is 15.1. The molecule has 1 spiro atoms. The van der Waals surface area contributed by atoms with Gasteiger partial charge in [-0.2, -0.15) is 0 Å². The highest BCUT2D eigenvalue weighted by Gasteiger charge is 2.53. The molecule has 1 heteroatoms. The Kier molecular flexibility index (Phi) is 8.10. The fraction of sp³-hybridized carbons (Fsp3) is 0.103. The number of hydrogen-bond donors (Lipinski definition) is 0. The van der Waals surface area contributed by atoms with E-state index in [1.807, 2.05) is 6.08 Å². The van der Waals surface area contributed by atoms with Crippen LogP contribution in [-0.4, -0.2) is 0 Å². The topological polar surface area (TPSA) is 3.24 Å². The van der Waals surface area contributed by atoms with Crippen LogP contribution in [0.5, 0.6) is 0 Å². The molecular formula is C58H45N. The number of rotatable bonds is 7. The molecule has 4 aliphatic carbocycles. The van der Waals surface area contributed by atoms with Crippen LogP contribution in [0, 0.1) is 0 Å². The predicted molar refractivity (Wildman–Crippen MR) is 249 cm³/mol. The molecule has 0 radical (unpaired) electrons. The first kappa shape index (κ1) is 35.2. The molecular weight excluding hydrogens is 711 g/mol. The third-order valence-electron chi connectivity index (χ3n) is 13.3. The maximum atomic E-state index is 4.10. The third-order valence-corrected chi connectivity index (χ3v) is 13.3. The van der Waals surface area contributed by atoms with Gasteiger partial charge < -0.3 is 4.90 Å². The fourth-order valence-electron chi connectivity index (χ4n) is 10.8. The van der Waals surface area contributed by atoms with E-state index in [1.165, 1.54) is 83.5 Å². The zero-order valence-electron chi connectivity index (χ0n) is 33.6. The quantitative estimate of drug-likeness (QED) is 0.146. The van der Waals surface area contributed by atoms with Gasteiger partial charge in [0.05, 0.1) is 5.41 Å². The summed E-state index contributed by atoms with van der Waals surface area (Å²) >= 11 is 0. The lowest BCUT2D eigenvalue weighted by Crippen LogP contribution is -2.26. The normalized spacial score (nSPS) is 16.2. The van der Waals surface area contributed by atoms with Gasteiger partial charge in [0.15, 0.2) is 0 Å². The summed E-state index contributed by atoms with van der Waals surface area (Å²) < 4.78 is 0. The van der Waals surface area contributed by atoms with Gasteiger partial charge in [0.25, 0.3) is 0 Å². The van der Waals surface area contributed by atoms with Gasteiger partial charge in [-0.1, -0.05) is 184 Å². The van der Waals surface area contributed by atoms with E-state index < -0.39 is 5.41 Å². The molecule has 0 N–H and O–H groups in total. The van der Waals surface area contributed by atoms with Crippen LogP contribution in [-0.2, 0) is 10.8 Å². The first-order chi connectivity index (χ1) is 29.0. The molecule has 59 heavy (non-hydrogen) atoms. The first-order valence-corrected chi connectivity index (χ1v) is 20.9. The van der Waals surface area contributed by atoms with Crippen molar-refractivity contribution in [2.75, 3.05) is 4.90 Å². The van der Waals surface area contributed by atoms with Crippen molar-refractivity contribution in [3.8, 4) is 22.3 Å². The Bertz CT molecular complexity index is 2920. The molecule has 7 aromatic rings. The second-order valence-electron chi connectivity index (χ2n) is 16.8. The Balaban J connectivity index is 1.14. The monoisotopic (exact) mass is 755 g/mol. The number of benzene rings is 7. The van der Waals surface area contributed by atoms with E-state index >= 15 is 0 Å². The SMILES string of the molecule is C=C/C=C\C1=C(c2cccc(N(c3ccc(-c4ccccc4)cc3)c3ccc4c(c3)C(C)(C)C3=C4CCC=C3)c2)C2(c3ccccc31)c1ccccc1-c1ccccc12. The molecule has 0 bridgehead atoms. The van der Waals surface area contributed by atoms with Crippen LogP contribution >= 0.6 is 0 Å². The average Bonchev–Trinajstić information content (AvgIpc) is 3.84. The number of fused-ring (bicyclic) bond motifs is 9. The Morgan fingerprint density at radius 3 is 1.83 bits per heavy atom. The summed E-state index contributed by atoms with van der Waals surface area (Å²) in [4.78, 5) is 2.47. The molecule has 0 saturated carbocycles. The van der Waals surface area contributed by atoms with Crippen LogP contribution in [0.25, 0.3) is 39.0 Å². The van der Waals surface area contributed by atoms with Crippen molar-refractivity contribution in [1.82, 2.24) is 0 Å². The molecule has 7 aromatic carbocycles. The Morgan fingerprint density at radius 2 is 1.12 bits per heavy atom. The molecule has 282 valence electrons. The highest BCUT2D eigenvalue weighted by molar-refractivity contribution is 6.12. The van der Waals surface area contributed by atoms with Crippen molar-refractivity contribution in [3.63, 3.8) is 0 Å². The van der Waals surface area contributed by atoms with E-state index in [0.29, 0.717) is 0 Å². The molecule has 0 aliphatic heterocycles. The molecule has 0 fully saturated rings. The van der Waals surface area contributed by atoms with Crippen LogP contribution in [0.15, 0.2) is 212 Å². The second kappa shape index (κ2) is 13.6. The summed E-state index contributed by atoms with van der Waals surface area (Å²) in [6.07, 6.45) is 13.2. The van der Waals surface area contributed by atoms with Crippen molar-refractivity contribution in [2.45, 2.75) is 37.5 Å². The van der Waals surface area contributed by atoms with Crippen molar-refractivity contribution in [1.29, 1.82) is 0 Å². The Morgan fingerprint density at radius 1 is 0.525 bits per heavy atom. The third kappa shape index (κ3) is 5.17. The van der Waals surface area contributed by atoms with Gasteiger partial charge in [-0.05, 0) is 133 Å². The van der Waals surface area contributed by atoms with Gasteiger partial charge in [-0.3, -0.25) is 0 Å². The predicted octanol–water partition coefficient (Wildman–Crippen LogP) is 15.2. The van der Waals surface area contributed by atoms with E-state index in [9.17, 15) is 0 Å². The van der Waals surface area contributed by atoms with Crippen LogP contribution in [0.1, 0.15) is 65.6 Å². The average molecular weight is 756 g/mol. The molecule has 0 unspecified atom stereocenters. The van der Waals surface area contributed by atoms with Gasteiger partial charge in [-0.25, -0.2) is 0 Å². The van der Waals surface area contributed by atoms with Gasteiger partial charge in [0.2, 0.25) is 0 Å². The van der Waals surface area contributed by atoms with Crippen molar-refractivity contribution < 1.29 is 0 Å². The lowest BCUT2D eigenvalue weighted by Gasteiger charge is -2.34. The highest BCUT2D eigenvalue weighted by Crippen LogP contribution is 2.65. The zero-order chi connectivity index (χ0) is 39.7. The molecule has 11 rings (SSSR count). The lowest BCUT2D eigenvalue weighted by atomic mass is 9.68. The van der Waals surface area contributed by atoms with E-state index in [2.05, 4.69) is 219 Å². The van der Waals surface area contributed by atoms with Crippen LogP contribution in [0.4, 0.5) is 17.1 Å². The van der Waals surface area contributed by atoms with E-state index in [1.54, 1.807) is 0 Å². The summed E-state index contributed by atoms with van der Waals surface area (Å²) in [6, 6.07) is 63.4. The smallest absolute Gasteiger partial charge is 0.0731 e. The molecule has 0 amide bonds. The van der Waals surface area contributed by atoms with Crippen LogP contribution < -0.4 is 4.90 Å². The van der Waals surface area contributed by atoms with Crippen molar-refractivity contribution >= 4 is 33.8 Å². The van der Waals surface area contributed by atoms with Gasteiger partial charge >= 0.3 is 0 Å². The second-order valence-corrected chi connectivity index (χ2v) is 16.8. The van der Waals surface area contributed by atoms with Crippen LogP contribution in [0.3, 0.4) is 0 Å². The first-order valence-electron chi connectivity index (χ1n) is 20.9. The molecule has 0 heterocycles. The number of anilines is 3. The molecule has 1 nitrogen and oxygen atoms in total. The largest absolute Gasteiger partial charge is 0.310 e. The lowest BCUT2D eigenvalue weighted by molar-refractivity contribution is 0.651. The molecule has 0 aromatic heterocycles. The summed E-state index contributed by atoms with van der Waals surface area (Å²) in [5, 5.41) is 0. The maximum Gasteiger partial charge on any atom is 0.0731 e. The van der Waals surface area contributed by atoms with E-state index in [-0.39, 0.29) is 5.41 Å².